The Bertz CT molecular complexity index is 623. The second-order valence-electron chi connectivity index (χ2n) is 5.00. The predicted molar refractivity (Wildman–Crippen MR) is 77.2 cm³/mol. The van der Waals surface area contributed by atoms with Gasteiger partial charge in [-0.25, -0.2) is 4.63 Å². The van der Waals surface area contributed by atoms with Crippen LogP contribution in [0, 0.1) is 20.8 Å². The molecule has 0 radical (unpaired) electrons. The van der Waals surface area contributed by atoms with Crippen LogP contribution in [-0.2, 0) is 0 Å². The molecule has 0 saturated carbocycles. The van der Waals surface area contributed by atoms with Crippen LogP contribution in [0.15, 0.2) is 16.8 Å². The van der Waals surface area contributed by atoms with E-state index in [1.807, 2.05) is 45.0 Å². The van der Waals surface area contributed by atoms with Crippen molar-refractivity contribution in [2.75, 3.05) is 24.3 Å². The largest absolute Gasteiger partial charge is 0.378 e. The van der Waals surface area contributed by atoms with E-state index in [4.69, 9.17) is 0 Å². The third kappa shape index (κ3) is 2.64. The summed E-state index contributed by atoms with van der Waals surface area (Å²) < 4.78 is 4.55. The lowest BCUT2D eigenvalue weighted by molar-refractivity contribution is 0.101. The first kappa shape index (κ1) is 14.0. The van der Waals surface area contributed by atoms with E-state index in [0.29, 0.717) is 5.69 Å². The van der Waals surface area contributed by atoms with Gasteiger partial charge in [0, 0.05) is 25.5 Å². The van der Waals surface area contributed by atoms with Gasteiger partial charge in [0.15, 0.2) is 5.69 Å². The topological polar surface area (TPSA) is 71.3 Å². The monoisotopic (exact) mass is 274 g/mol. The van der Waals surface area contributed by atoms with Crippen molar-refractivity contribution in [3.05, 3.63) is 34.6 Å². The van der Waals surface area contributed by atoms with E-state index in [9.17, 15) is 4.79 Å². The van der Waals surface area contributed by atoms with Gasteiger partial charge in [-0.2, -0.15) is 0 Å². The second kappa shape index (κ2) is 5.32. The van der Waals surface area contributed by atoms with Crippen LogP contribution in [0.3, 0.4) is 0 Å². The van der Waals surface area contributed by atoms with Gasteiger partial charge in [-0.3, -0.25) is 4.79 Å². The first-order chi connectivity index (χ1) is 9.40. The molecule has 0 aliphatic heterocycles. The second-order valence-corrected chi connectivity index (χ2v) is 5.00. The summed E-state index contributed by atoms with van der Waals surface area (Å²) in [6.07, 6.45) is 0. The molecule has 0 unspecified atom stereocenters. The number of nitrogens with one attached hydrogen (secondary N) is 1. The van der Waals surface area contributed by atoms with Gasteiger partial charge in [0.05, 0.1) is 0 Å². The normalized spacial score (nSPS) is 10.4. The highest BCUT2D eigenvalue weighted by atomic mass is 16.6. The zero-order chi connectivity index (χ0) is 14.9. The molecule has 0 bridgehead atoms. The van der Waals surface area contributed by atoms with E-state index in [2.05, 4.69) is 20.3 Å². The molecule has 2 rings (SSSR count). The van der Waals surface area contributed by atoms with Gasteiger partial charge in [0.2, 0.25) is 0 Å². The SMILES string of the molecule is Cc1cc(N(C)C)cc(C)c1NC(=O)c1nonc1C. The average Bonchev–Trinajstić information content (AvgIpc) is 2.79. The molecule has 1 aromatic heterocycles. The van der Waals surface area contributed by atoms with Crippen molar-refractivity contribution >= 4 is 17.3 Å². The fraction of sp³-hybridized carbons (Fsp3) is 0.357. The molecule has 1 N–H and O–H groups in total. The van der Waals surface area contributed by atoms with E-state index in [-0.39, 0.29) is 11.6 Å². The van der Waals surface area contributed by atoms with Gasteiger partial charge in [-0.15, -0.1) is 0 Å². The number of rotatable bonds is 3. The highest BCUT2D eigenvalue weighted by molar-refractivity contribution is 6.04. The molecule has 0 aliphatic rings. The van der Waals surface area contributed by atoms with Crippen LogP contribution >= 0.6 is 0 Å². The number of hydrogen-bond acceptors (Lipinski definition) is 5. The molecule has 6 heteroatoms. The summed E-state index contributed by atoms with van der Waals surface area (Å²) in [6, 6.07) is 4.05. The fourth-order valence-electron chi connectivity index (χ4n) is 2.01. The highest BCUT2D eigenvalue weighted by Gasteiger charge is 2.17. The minimum atomic E-state index is -0.312. The van der Waals surface area contributed by atoms with E-state index in [0.717, 1.165) is 22.5 Å². The van der Waals surface area contributed by atoms with Crippen molar-refractivity contribution in [2.45, 2.75) is 20.8 Å². The molecular formula is C14H18N4O2. The van der Waals surface area contributed by atoms with Crippen LogP contribution in [0.4, 0.5) is 11.4 Å². The summed E-state index contributed by atoms with van der Waals surface area (Å²) in [5.74, 6) is -0.312. The summed E-state index contributed by atoms with van der Waals surface area (Å²) in [6.45, 7) is 5.60. The molecule has 1 amide bonds. The quantitative estimate of drug-likeness (QED) is 0.930. The number of amides is 1. The van der Waals surface area contributed by atoms with Gasteiger partial charge < -0.3 is 10.2 Å². The molecule has 0 aliphatic carbocycles. The first-order valence-corrected chi connectivity index (χ1v) is 6.29. The number of nitrogens with zero attached hydrogens (tertiary/aromatic N) is 3. The Labute approximate surface area is 117 Å². The van der Waals surface area contributed by atoms with Gasteiger partial charge in [0.1, 0.15) is 5.69 Å². The van der Waals surface area contributed by atoms with E-state index >= 15 is 0 Å². The minimum absolute atomic E-state index is 0.209. The lowest BCUT2D eigenvalue weighted by atomic mass is 10.1. The molecule has 106 valence electrons. The number of benzene rings is 1. The maximum atomic E-state index is 12.1. The Morgan fingerprint density at radius 3 is 2.20 bits per heavy atom. The zero-order valence-corrected chi connectivity index (χ0v) is 12.3. The maximum absolute atomic E-state index is 12.1. The molecule has 0 spiro atoms. The molecule has 0 fully saturated rings. The summed E-state index contributed by atoms with van der Waals surface area (Å²) in [5, 5.41) is 10.1. The first-order valence-electron chi connectivity index (χ1n) is 6.29. The van der Waals surface area contributed by atoms with Crippen molar-refractivity contribution in [1.82, 2.24) is 10.3 Å². The van der Waals surface area contributed by atoms with Gasteiger partial charge in [-0.1, -0.05) is 5.16 Å². The molecule has 0 saturated heterocycles. The molecular weight excluding hydrogens is 256 g/mol. The number of hydrogen-bond donors (Lipinski definition) is 1. The van der Waals surface area contributed by atoms with Crippen molar-refractivity contribution in [1.29, 1.82) is 0 Å². The molecule has 20 heavy (non-hydrogen) atoms. The summed E-state index contributed by atoms with van der Waals surface area (Å²) in [7, 11) is 3.97. The Morgan fingerprint density at radius 2 is 1.75 bits per heavy atom. The smallest absolute Gasteiger partial charge is 0.279 e. The zero-order valence-electron chi connectivity index (χ0n) is 12.3. The van der Waals surface area contributed by atoms with Crippen molar-refractivity contribution in [3.63, 3.8) is 0 Å². The van der Waals surface area contributed by atoms with Gasteiger partial charge in [0.25, 0.3) is 5.91 Å². The number of carbonyl (C=O) groups excluding carboxylic acids is 1. The number of carbonyl (C=O) groups is 1. The molecule has 1 aromatic carbocycles. The van der Waals surface area contributed by atoms with Gasteiger partial charge in [-0.05, 0) is 49.2 Å². The van der Waals surface area contributed by atoms with Crippen molar-refractivity contribution < 1.29 is 9.42 Å². The highest BCUT2D eigenvalue weighted by Crippen LogP contribution is 2.26. The predicted octanol–water partition coefficient (Wildman–Crippen LogP) is 2.31. The number of anilines is 2. The van der Waals surface area contributed by atoms with Gasteiger partial charge >= 0.3 is 0 Å². The Hall–Kier alpha value is -2.37. The summed E-state index contributed by atoms with van der Waals surface area (Å²) >= 11 is 0. The van der Waals surface area contributed by atoms with Crippen LogP contribution < -0.4 is 10.2 Å². The van der Waals surface area contributed by atoms with E-state index in [1.54, 1.807) is 6.92 Å². The van der Waals surface area contributed by atoms with Crippen LogP contribution in [0.1, 0.15) is 27.3 Å². The third-order valence-electron chi connectivity index (χ3n) is 3.14. The van der Waals surface area contributed by atoms with Crippen molar-refractivity contribution in [2.24, 2.45) is 0 Å². The molecule has 0 atom stereocenters. The molecule has 6 nitrogen and oxygen atoms in total. The maximum Gasteiger partial charge on any atom is 0.279 e. The van der Waals surface area contributed by atoms with Crippen LogP contribution in [0.2, 0.25) is 0 Å². The molecule has 2 aromatic rings. The summed E-state index contributed by atoms with van der Waals surface area (Å²) in [5.41, 5.74) is 4.57. The van der Waals surface area contributed by atoms with Crippen molar-refractivity contribution in [3.8, 4) is 0 Å². The minimum Gasteiger partial charge on any atom is -0.378 e. The van der Waals surface area contributed by atoms with Crippen LogP contribution in [-0.4, -0.2) is 30.3 Å². The number of aryl methyl sites for hydroxylation is 3. The fourth-order valence-corrected chi connectivity index (χ4v) is 2.01. The van der Waals surface area contributed by atoms with Crippen LogP contribution in [0.5, 0.6) is 0 Å². The Morgan fingerprint density at radius 1 is 1.15 bits per heavy atom. The summed E-state index contributed by atoms with van der Waals surface area (Å²) in [4.78, 5) is 14.2. The standard InChI is InChI=1S/C14H18N4O2/c1-8-6-11(18(4)5)7-9(2)12(8)15-14(19)13-10(3)16-20-17-13/h6-7H,1-5H3,(H,15,19). The number of aromatic nitrogens is 2. The van der Waals surface area contributed by atoms with Crippen LogP contribution in [0.25, 0.3) is 0 Å². The molecule has 1 heterocycles. The van der Waals surface area contributed by atoms with E-state index < -0.39 is 0 Å². The third-order valence-corrected chi connectivity index (χ3v) is 3.14. The Balaban J connectivity index is 2.31. The average molecular weight is 274 g/mol. The lowest BCUT2D eigenvalue weighted by Crippen LogP contribution is -2.16. The Kier molecular flexibility index (Phi) is 3.74. The van der Waals surface area contributed by atoms with E-state index in [1.165, 1.54) is 0 Å². The lowest BCUT2D eigenvalue weighted by Gasteiger charge is -2.18.